The Hall–Kier alpha value is -4.54. The molecule has 0 radical (unpaired) electrons. The van der Waals surface area contributed by atoms with E-state index < -0.39 is 124 Å². The number of hydrogen-bond acceptors (Lipinski definition) is 18. The van der Waals surface area contributed by atoms with Gasteiger partial charge in [0.05, 0.1) is 38.1 Å². The third-order valence-corrected chi connectivity index (χ3v) is 18.2. The molecule has 0 aromatic carbocycles. The molecule has 0 spiro atoms. The Labute approximate surface area is 611 Å². The van der Waals surface area contributed by atoms with Gasteiger partial charge in [-0.25, -0.2) is 0 Å². The summed E-state index contributed by atoms with van der Waals surface area (Å²) in [6.07, 6.45) is 50.2. The largest absolute Gasteiger partial charge is 1.20 e. The summed E-state index contributed by atoms with van der Waals surface area (Å²) in [7, 11) is 0. The van der Waals surface area contributed by atoms with Gasteiger partial charge in [0.15, 0.2) is 17.3 Å². The molecule has 0 heterocycles. The second-order valence-electron chi connectivity index (χ2n) is 27.7. The number of ether oxygens (including phenoxy) is 6. The van der Waals surface area contributed by atoms with Gasteiger partial charge < -0.3 is 39.8 Å². The van der Waals surface area contributed by atoms with Gasteiger partial charge in [-0.05, 0) is 138 Å². The number of hydrogen-bond donors (Lipinski definition) is 0. The SMILES string of the molecule is CCCCCCCC/C=C\CCCCCCCC(=O)OCCC(OC(C)C)C(=O)CC(=O)[O][Al]([O]C(=O)CC(=O)C(CCOC(=O)CCCCCCC/C=C\CCCCCCCC)OC(C)C)[O]C(=O)CC(=O)C(CCOC(=O)CCCCCCC/C=C\CCCCCCCC)OC(C)C. The number of allylic oxidation sites excluding steroid dienone is 6. The minimum Gasteiger partial charge on any atom is -0.550 e. The number of carbonyl (C=O) groups excluding carboxylic acids is 9. The highest BCUT2D eigenvalue weighted by molar-refractivity contribution is 6.44. The average Bonchev–Trinajstić information content (AvgIpc) is 0.902. The van der Waals surface area contributed by atoms with Crippen LogP contribution < -0.4 is 0 Å². The molecule has 0 aromatic rings. The van der Waals surface area contributed by atoms with Crippen LogP contribution in [0.15, 0.2) is 36.5 Å². The Morgan fingerprint density at radius 3 is 0.680 bits per heavy atom. The zero-order valence-corrected chi connectivity index (χ0v) is 65.6. The number of rotatable bonds is 72. The summed E-state index contributed by atoms with van der Waals surface area (Å²) in [4.78, 5) is 120. The maximum absolute atomic E-state index is 13.7. The first-order valence-electron chi connectivity index (χ1n) is 39.9. The number of Topliss-reactive ketones (excluding diaryl/α,β-unsaturated/α-hetero) is 3. The Morgan fingerprint density at radius 2 is 0.470 bits per heavy atom. The zero-order chi connectivity index (χ0) is 73.9. The van der Waals surface area contributed by atoms with E-state index in [9.17, 15) is 43.2 Å². The maximum atomic E-state index is 13.7. The Kier molecular flexibility index (Phi) is 65.7. The molecule has 0 saturated carbocycles. The van der Waals surface area contributed by atoms with E-state index in [1.807, 2.05) is 0 Å². The van der Waals surface area contributed by atoms with Crippen LogP contribution in [0.5, 0.6) is 0 Å². The fourth-order valence-corrected chi connectivity index (χ4v) is 12.3. The number of ketones is 3. The van der Waals surface area contributed by atoms with Crippen molar-refractivity contribution in [3.05, 3.63) is 36.5 Å². The molecular weight excluding hydrogens is 1290 g/mol. The standard InChI is InChI=1S/3C27H48O6.Al/c3*1-4-5-6-7-8-9-10-11-12-13-14-15-16-17-18-19-27(31)32-21-20-25(33-23(2)3)24(28)22-26(29)30;/h3*11-12,23,25H,4-10,13-22H2,1-3H3,(H,29,30);/q;;;+3/p-3/b3*12-11-;. The number of unbranched alkanes of at least 4 members (excludes halogenated alkanes) is 33. The quantitative estimate of drug-likeness (QED) is 0.0137. The molecule has 0 N–H and O–H groups in total. The molecule has 100 heavy (non-hydrogen) atoms. The Morgan fingerprint density at radius 1 is 0.270 bits per heavy atom. The first-order chi connectivity index (χ1) is 48.3. The lowest BCUT2D eigenvalue weighted by Crippen LogP contribution is -2.39. The van der Waals surface area contributed by atoms with Gasteiger partial charge in [-0.2, -0.15) is 0 Å². The van der Waals surface area contributed by atoms with Gasteiger partial charge in [0.25, 0.3) is 17.9 Å². The lowest BCUT2D eigenvalue weighted by atomic mass is 10.1. The molecule has 0 saturated heterocycles. The van der Waals surface area contributed by atoms with Crippen molar-refractivity contribution in [1.82, 2.24) is 0 Å². The summed E-state index contributed by atoms with van der Waals surface area (Å²) in [5.41, 5.74) is 0. The second-order valence-corrected chi connectivity index (χ2v) is 29.0. The molecule has 19 heteroatoms. The van der Waals surface area contributed by atoms with Gasteiger partial charge in [-0.3, -0.25) is 43.2 Å². The molecule has 0 fully saturated rings. The van der Waals surface area contributed by atoms with Crippen molar-refractivity contribution in [3.8, 4) is 0 Å². The average molecular weight is 1430 g/mol. The smallest absolute Gasteiger partial charge is 0.550 e. The Bertz CT molecular complexity index is 1950. The van der Waals surface area contributed by atoms with Gasteiger partial charge >= 0.3 is 33.1 Å². The van der Waals surface area contributed by atoms with Crippen molar-refractivity contribution in [3.63, 3.8) is 0 Å². The highest BCUT2D eigenvalue weighted by atomic mass is 27.3. The van der Waals surface area contributed by atoms with Crippen LogP contribution >= 0.6 is 0 Å². The van der Waals surface area contributed by atoms with E-state index >= 15 is 0 Å². The molecule has 0 aliphatic carbocycles. The van der Waals surface area contributed by atoms with Gasteiger partial charge in [-0.15, -0.1) is 0 Å². The van der Waals surface area contributed by atoms with Gasteiger partial charge in [0.2, 0.25) is 0 Å². The lowest BCUT2D eigenvalue weighted by Gasteiger charge is -2.21. The zero-order valence-electron chi connectivity index (χ0n) is 64.4. The van der Waals surface area contributed by atoms with E-state index in [0.29, 0.717) is 19.3 Å². The summed E-state index contributed by atoms with van der Waals surface area (Å²) in [5.74, 6) is -7.30. The molecule has 3 unspecified atom stereocenters. The van der Waals surface area contributed by atoms with Crippen LogP contribution in [0.4, 0.5) is 0 Å². The third kappa shape index (κ3) is 63.2. The van der Waals surface area contributed by atoms with Gasteiger partial charge in [0.1, 0.15) is 37.6 Å². The molecule has 0 aromatic heterocycles. The second kappa shape index (κ2) is 68.9. The van der Waals surface area contributed by atoms with Gasteiger partial charge in [0, 0.05) is 38.5 Å². The van der Waals surface area contributed by atoms with Crippen LogP contribution in [-0.4, -0.2) is 125 Å². The number of esters is 3. The summed E-state index contributed by atoms with van der Waals surface area (Å²) >= 11 is -4.32. The molecule has 0 amide bonds. The molecular formula is C81H141AlO18. The molecule has 3 atom stereocenters. The number of carbonyl (C=O) groups is 9. The van der Waals surface area contributed by atoms with Crippen molar-refractivity contribution < 1.29 is 82.9 Å². The van der Waals surface area contributed by atoms with Crippen LogP contribution in [0.1, 0.15) is 371 Å². The summed E-state index contributed by atoms with van der Waals surface area (Å²) < 4.78 is 50.1. The van der Waals surface area contributed by atoms with E-state index in [4.69, 9.17) is 39.8 Å². The molecule has 0 rings (SSSR count). The first-order valence-corrected chi connectivity index (χ1v) is 41.3. The van der Waals surface area contributed by atoms with Crippen LogP contribution in [0.2, 0.25) is 0 Å². The van der Waals surface area contributed by atoms with Crippen molar-refractivity contribution >= 4 is 68.3 Å². The molecule has 0 bridgehead atoms. The summed E-state index contributed by atoms with van der Waals surface area (Å²) in [5, 5.41) is 0. The topological polar surface area (TPSA) is 237 Å². The lowest BCUT2D eigenvalue weighted by molar-refractivity contribution is -0.155. The normalized spacial score (nSPS) is 12.6. The van der Waals surface area contributed by atoms with E-state index in [-0.39, 0.29) is 58.3 Å². The van der Waals surface area contributed by atoms with Gasteiger partial charge in [-0.1, -0.05) is 211 Å². The molecule has 18 nitrogen and oxygen atoms in total. The van der Waals surface area contributed by atoms with Crippen molar-refractivity contribution in [2.45, 2.75) is 407 Å². The van der Waals surface area contributed by atoms with Crippen molar-refractivity contribution in [1.29, 1.82) is 0 Å². The van der Waals surface area contributed by atoms with Crippen LogP contribution in [0.25, 0.3) is 0 Å². The van der Waals surface area contributed by atoms with Crippen LogP contribution in [0, 0.1) is 0 Å². The predicted molar refractivity (Wildman–Crippen MR) is 398 cm³/mol. The monoisotopic (exact) mass is 1430 g/mol. The fourth-order valence-electron chi connectivity index (χ4n) is 11.3. The third-order valence-electron chi connectivity index (χ3n) is 16.9. The van der Waals surface area contributed by atoms with Crippen molar-refractivity contribution in [2.24, 2.45) is 0 Å². The minimum absolute atomic E-state index is 0.0786. The van der Waals surface area contributed by atoms with Crippen molar-refractivity contribution in [2.75, 3.05) is 19.8 Å². The maximum Gasteiger partial charge on any atom is 1.20 e. The minimum atomic E-state index is -4.32. The fraction of sp³-hybridized carbons (Fsp3) is 0.815. The van der Waals surface area contributed by atoms with Crippen LogP contribution in [0.3, 0.4) is 0 Å². The molecule has 576 valence electrons. The van der Waals surface area contributed by atoms with E-state index in [0.717, 1.165) is 116 Å². The van der Waals surface area contributed by atoms with E-state index in [2.05, 4.69) is 57.2 Å². The summed E-state index contributed by atoms with van der Waals surface area (Å²) in [6, 6.07) is 0. The molecule has 0 aliphatic heterocycles. The summed E-state index contributed by atoms with van der Waals surface area (Å²) in [6.45, 7) is 16.3. The highest BCUT2D eigenvalue weighted by Gasteiger charge is 2.50. The van der Waals surface area contributed by atoms with E-state index in [1.165, 1.54) is 116 Å². The Balaban J connectivity index is 5.71. The van der Waals surface area contributed by atoms with Crippen LogP contribution in [-0.2, 0) is 82.9 Å². The first kappa shape index (κ1) is 95.5. The highest BCUT2D eigenvalue weighted by Crippen LogP contribution is 2.18. The van der Waals surface area contributed by atoms with E-state index in [1.54, 1.807) is 41.5 Å². The predicted octanol–water partition coefficient (Wildman–Crippen LogP) is 19.8. The molecule has 0 aliphatic rings.